The van der Waals surface area contributed by atoms with Gasteiger partial charge < -0.3 is 5.73 Å². The molecule has 2 aromatic carbocycles. The summed E-state index contributed by atoms with van der Waals surface area (Å²) in [7, 11) is 2.10. The topological polar surface area (TPSA) is 29.3 Å². The molecule has 2 nitrogen and oxygen atoms in total. The van der Waals surface area contributed by atoms with E-state index in [-0.39, 0.29) is 0 Å². The Morgan fingerprint density at radius 3 is 2.42 bits per heavy atom. The van der Waals surface area contributed by atoms with Gasteiger partial charge in [0.15, 0.2) is 0 Å². The van der Waals surface area contributed by atoms with Gasteiger partial charge in [-0.15, -0.1) is 0 Å². The van der Waals surface area contributed by atoms with Crippen LogP contribution in [0.2, 0.25) is 0 Å². The minimum atomic E-state index is 0.829. The molecular weight excluding hydrogens is 368 g/mol. The smallest absolute Gasteiger partial charge is 0.0371 e. The van der Waals surface area contributed by atoms with Crippen LogP contribution in [-0.2, 0) is 13.1 Å². The molecule has 0 bridgehead atoms. The third kappa shape index (κ3) is 4.34. The van der Waals surface area contributed by atoms with E-state index < -0.39 is 0 Å². The second-order valence-corrected chi connectivity index (χ2v) is 6.48. The van der Waals surface area contributed by atoms with Gasteiger partial charge in [0.25, 0.3) is 0 Å². The lowest BCUT2D eigenvalue weighted by atomic mass is 10.1. The fraction of sp³-hybridized carbons (Fsp3) is 0.200. The van der Waals surface area contributed by atoms with Crippen LogP contribution in [0.15, 0.2) is 51.4 Å². The van der Waals surface area contributed by atoms with Crippen LogP contribution >= 0.6 is 31.9 Å². The van der Waals surface area contributed by atoms with E-state index in [4.69, 9.17) is 5.73 Å². The molecule has 2 aromatic rings. The van der Waals surface area contributed by atoms with Crippen LogP contribution in [0.25, 0.3) is 0 Å². The van der Waals surface area contributed by atoms with Gasteiger partial charge >= 0.3 is 0 Å². The average molecular weight is 384 g/mol. The van der Waals surface area contributed by atoms with Crippen LogP contribution in [0.4, 0.5) is 5.69 Å². The maximum atomic E-state index is 6.02. The van der Waals surface area contributed by atoms with Crippen molar-refractivity contribution < 1.29 is 0 Å². The van der Waals surface area contributed by atoms with Crippen molar-refractivity contribution in [2.24, 2.45) is 0 Å². The average Bonchev–Trinajstić information content (AvgIpc) is 2.33. The Morgan fingerprint density at radius 2 is 1.74 bits per heavy atom. The van der Waals surface area contributed by atoms with Gasteiger partial charge in [0, 0.05) is 27.7 Å². The van der Waals surface area contributed by atoms with E-state index in [2.05, 4.69) is 68.1 Å². The largest absolute Gasteiger partial charge is 0.398 e. The first-order chi connectivity index (χ1) is 9.04. The number of rotatable bonds is 4. The van der Waals surface area contributed by atoms with Crippen molar-refractivity contribution in [2.75, 3.05) is 12.8 Å². The molecule has 19 heavy (non-hydrogen) atoms. The highest BCUT2D eigenvalue weighted by molar-refractivity contribution is 9.10. The molecule has 0 heterocycles. The third-order valence-corrected chi connectivity index (χ3v) is 3.88. The monoisotopic (exact) mass is 382 g/mol. The lowest BCUT2D eigenvalue weighted by Gasteiger charge is -2.18. The van der Waals surface area contributed by atoms with Crippen molar-refractivity contribution in [1.29, 1.82) is 0 Å². The molecule has 0 spiro atoms. The highest BCUT2D eigenvalue weighted by atomic mass is 79.9. The quantitative estimate of drug-likeness (QED) is 0.791. The Bertz CT molecular complexity index is 570. The molecule has 0 aliphatic heterocycles. The van der Waals surface area contributed by atoms with Crippen molar-refractivity contribution in [3.05, 3.63) is 62.5 Å². The molecule has 0 amide bonds. The molecule has 0 fully saturated rings. The third-order valence-electron chi connectivity index (χ3n) is 2.89. The first-order valence-electron chi connectivity index (χ1n) is 6.01. The van der Waals surface area contributed by atoms with Gasteiger partial charge in [0.1, 0.15) is 0 Å². The number of anilines is 1. The summed E-state index contributed by atoms with van der Waals surface area (Å²) in [5.41, 5.74) is 9.29. The SMILES string of the molecule is CN(Cc1cccc(Br)c1)Cc1ccc(Br)cc1N. The number of halogens is 2. The van der Waals surface area contributed by atoms with E-state index in [9.17, 15) is 0 Å². The molecule has 100 valence electrons. The van der Waals surface area contributed by atoms with E-state index in [0.29, 0.717) is 0 Å². The minimum Gasteiger partial charge on any atom is -0.398 e. The summed E-state index contributed by atoms with van der Waals surface area (Å²) < 4.78 is 2.13. The lowest BCUT2D eigenvalue weighted by Crippen LogP contribution is -2.18. The summed E-state index contributed by atoms with van der Waals surface area (Å²) in [6.07, 6.45) is 0. The summed E-state index contributed by atoms with van der Waals surface area (Å²) in [4.78, 5) is 2.25. The van der Waals surface area contributed by atoms with E-state index in [0.717, 1.165) is 33.3 Å². The van der Waals surface area contributed by atoms with Crippen molar-refractivity contribution in [3.8, 4) is 0 Å². The zero-order valence-corrected chi connectivity index (χ0v) is 13.9. The molecule has 0 radical (unpaired) electrons. The van der Waals surface area contributed by atoms with E-state index in [1.165, 1.54) is 5.56 Å². The fourth-order valence-corrected chi connectivity index (χ4v) is 2.83. The summed E-state index contributed by atoms with van der Waals surface area (Å²) in [6.45, 7) is 1.74. The number of nitrogens with zero attached hydrogens (tertiary/aromatic N) is 1. The number of hydrogen-bond donors (Lipinski definition) is 1. The summed E-state index contributed by atoms with van der Waals surface area (Å²) in [5, 5.41) is 0. The van der Waals surface area contributed by atoms with Crippen LogP contribution in [0.1, 0.15) is 11.1 Å². The molecule has 0 saturated carbocycles. The highest BCUT2D eigenvalue weighted by Gasteiger charge is 2.05. The van der Waals surface area contributed by atoms with Crippen molar-refractivity contribution in [2.45, 2.75) is 13.1 Å². The molecule has 0 aliphatic carbocycles. The van der Waals surface area contributed by atoms with E-state index in [1.54, 1.807) is 0 Å². The van der Waals surface area contributed by atoms with Gasteiger partial charge in [0.05, 0.1) is 0 Å². The second kappa shape index (κ2) is 6.55. The van der Waals surface area contributed by atoms with Crippen LogP contribution in [-0.4, -0.2) is 11.9 Å². The Kier molecular flexibility index (Phi) is 5.02. The number of benzene rings is 2. The predicted molar refractivity (Wildman–Crippen MR) is 87.9 cm³/mol. The van der Waals surface area contributed by atoms with E-state index in [1.807, 2.05) is 18.2 Å². The molecule has 2 rings (SSSR count). The van der Waals surface area contributed by atoms with Crippen molar-refractivity contribution >= 4 is 37.5 Å². The van der Waals surface area contributed by atoms with Crippen molar-refractivity contribution in [3.63, 3.8) is 0 Å². The Balaban J connectivity index is 2.03. The summed E-state index contributed by atoms with van der Waals surface area (Å²) in [6, 6.07) is 14.4. The fourth-order valence-electron chi connectivity index (χ4n) is 2.00. The normalized spacial score (nSPS) is 10.9. The highest BCUT2D eigenvalue weighted by Crippen LogP contribution is 2.20. The number of hydrogen-bond acceptors (Lipinski definition) is 2. The Labute approximate surface area is 130 Å². The molecule has 0 atom stereocenters. The predicted octanol–water partition coefficient (Wildman–Crippen LogP) is 4.43. The van der Waals surface area contributed by atoms with Crippen molar-refractivity contribution in [1.82, 2.24) is 4.90 Å². The van der Waals surface area contributed by atoms with Gasteiger partial charge in [0.2, 0.25) is 0 Å². The molecule has 0 aliphatic rings. The summed E-state index contributed by atoms with van der Waals surface area (Å²) >= 11 is 6.92. The van der Waals surface area contributed by atoms with Gasteiger partial charge in [-0.3, -0.25) is 4.90 Å². The number of nitrogens with two attached hydrogens (primary N) is 1. The minimum absolute atomic E-state index is 0.829. The van der Waals surface area contributed by atoms with Gasteiger partial charge in [-0.25, -0.2) is 0 Å². The molecule has 0 aromatic heterocycles. The summed E-state index contributed by atoms with van der Waals surface area (Å²) in [5.74, 6) is 0. The zero-order chi connectivity index (χ0) is 13.8. The molecule has 0 unspecified atom stereocenters. The second-order valence-electron chi connectivity index (χ2n) is 4.65. The van der Waals surface area contributed by atoms with Crippen LogP contribution < -0.4 is 5.73 Å². The number of nitrogen functional groups attached to an aromatic ring is 1. The van der Waals surface area contributed by atoms with Gasteiger partial charge in [-0.2, -0.15) is 0 Å². The van der Waals surface area contributed by atoms with Gasteiger partial charge in [-0.05, 0) is 42.4 Å². The van der Waals surface area contributed by atoms with Gasteiger partial charge in [-0.1, -0.05) is 50.1 Å². The maximum absolute atomic E-state index is 6.02. The van der Waals surface area contributed by atoms with Crippen LogP contribution in [0.3, 0.4) is 0 Å². The first-order valence-corrected chi connectivity index (χ1v) is 7.60. The van der Waals surface area contributed by atoms with Crippen LogP contribution in [0, 0.1) is 0 Å². The first kappa shape index (κ1) is 14.6. The Hall–Kier alpha value is -0.840. The molecule has 2 N–H and O–H groups in total. The standard InChI is InChI=1S/C15H16Br2N2/c1-19(9-11-3-2-4-13(16)7-11)10-12-5-6-14(17)8-15(12)18/h2-8H,9-10,18H2,1H3. The maximum Gasteiger partial charge on any atom is 0.0371 e. The molecule has 4 heteroatoms. The zero-order valence-electron chi connectivity index (χ0n) is 10.7. The molecule has 0 saturated heterocycles. The van der Waals surface area contributed by atoms with Crippen LogP contribution in [0.5, 0.6) is 0 Å². The van der Waals surface area contributed by atoms with E-state index >= 15 is 0 Å². The molecular formula is C15H16Br2N2. The Morgan fingerprint density at radius 1 is 1.00 bits per heavy atom. The lowest BCUT2D eigenvalue weighted by molar-refractivity contribution is 0.319.